The lowest BCUT2D eigenvalue weighted by molar-refractivity contribution is -0.384. The number of hydrogen-bond acceptors (Lipinski definition) is 4. The lowest BCUT2D eigenvalue weighted by Gasteiger charge is -2.01. The monoisotopic (exact) mass is 229 g/mol. The van der Waals surface area contributed by atoms with Crippen LogP contribution < -0.4 is 0 Å². The average molecular weight is 229 g/mol. The van der Waals surface area contributed by atoms with Crippen LogP contribution in [0.25, 0.3) is 0 Å². The van der Waals surface area contributed by atoms with Gasteiger partial charge in [-0.3, -0.25) is 14.3 Å². The first-order valence-electron chi connectivity index (χ1n) is 3.78. The number of carboxylic acid groups (broad SMARTS) is 1. The van der Waals surface area contributed by atoms with E-state index in [1.807, 2.05) is 0 Å². The van der Waals surface area contributed by atoms with Gasteiger partial charge in [0.1, 0.15) is 0 Å². The average Bonchev–Trinajstić information content (AvgIpc) is 2.16. The molecule has 0 aliphatic carbocycles. The molecule has 1 atom stereocenters. The molecular weight excluding hydrogens is 222 g/mol. The van der Waals surface area contributed by atoms with E-state index in [0.717, 1.165) is 12.1 Å². The number of non-ortho nitro benzene ring substituents is 1. The molecule has 0 saturated heterocycles. The summed E-state index contributed by atoms with van der Waals surface area (Å²) in [5.41, 5.74) is -0.633. The van der Waals surface area contributed by atoms with Gasteiger partial charge in [0.05, 0.1) is 26.2 Å². The summed E-state index contributed by atoms with van der Waals surface area (Å²) in [7, 11) is -1.49. The van der Waals surface area contributed by atoms with Crippen LogP contribution >= 0.6 is 0 Å². The predicted molar refractivity (Wildman–Crippen MR) is 52.4 cm³/mol. The molecule has 7 heteroatoms. The maximum absolute atomic E-state index is 11.1. The smallest absolute Gasteiger partial charge is 0.337 e. The molecule has 0 heterocycles. The van der Waals surface area contributed by atoms with Gasteiger partial charge < -0.3 is 5.11 Å². The van der Waals surface area contributed by atoms with E-state index >= 15 is 0 Å². The second kappa shape index (κ2) is 4.18. The Hall–Kier alpha value is -1.76. The zero-order chi connectivity index (χ0) is 11.6. The van der Waals surface area contributed by atoms with Gasteiger partial charge in [0.2, 0.25) is 0 Å². The lowest BCUT2D eigenvalue weighted by atomic mass is 10.2. The highest BCUT2D eigenvalue weighted by Gasteiger charge is 2.17. The Kier molecular flexibility index (Phi) is 3.15. The third-order valence-electron chi connectivity index (χ3n) is 1.71. The molecule has 80 valence electrons. The summed E-state index contributed by atoms with van der Waals surface area (Å²) in [6.07, 6.45) is 1.31. The number of rotatable bonds is 3. The SMILES string of the molecule is CS(=O)c1ccc([N+](=O)[O-])cc1C(=O)O. The number of nitrogens with zero attached hydrogens (tertiary/aromatic N) is 1. The number of carbonyl (C=O) groups is 1. The first-order chi connectivity index (χ1) is 6.93. The van der Waals surface area contributed by atoms with Crippen molar-refractivity contribution in [3.05, 3.63) is 33.9 Å². The molecule has 0 spiro atoms. The van der Waals surface area contributed by atoms with Crippen molar-refractivity contribution in [3.8, 4) is 0 Å². The van der Waals surface area contributed by atoms with Crippen LogP contribution in [0.2, 0.25) is 0 Å². The van der Waals surface area contributed by atoms with Crippen molar-refractivity contribution in [1.82, 2.24) is 0 Å². The van der Waals surface area contributed by atoms with Crippen LogP contribution in [0.1, 0.15) is 10.4 Å². The predicted octanol–water partition coefficient (Wildman–Crippen LogP) is 1.03. The molecule has 0 amide bonds. The van der Waals surface area contributed by atoms with Crippen molar-refractivity contribution in [2.24, 2.45) is 0 Å². The molecule has 0 saturated carbocycles. The van der Waals surface area contributed by atoms with E-state index in [9.17, 15) is 19.1 Å². The Morgan fingerprint density at radius 1 is 1.53 bits per heavy atom. The highest BCUT2D eigenvalue weighted by Crippen LogP contribution is 2.20. The number of aromatic carboxylic acids is 1. The summed E-state index contributed by atoms with van der Waals surface area (Å²) in [6, 6.07) is 3.22. The zero-order valence-corrected chi connectivity index (χ0v) is 8.48. The Morgan fingerprint density at radius 2 is 2.13 bits per heavy atom. The van der Waals surface area contributed by atoms with E-state index < -0.39 is 21.7 Å². The molecular formula is C8H7NO5S. The van der Waals surface area contributed by atoms with Gasteiger partial charge in [-0.15, -0.1) is 0 Å². The van der Waals surface area contributed by atoms with E-state index in [1.54, 1.807) is 0 Å². The maximum Gasteiger partial charge on any atom is 0.337 e. The molecule has 1 unspecified atom stereocenters. The van der Waals surface area contributed by atoms with Crippen LogP contribution in [0.15, 0.2) is 23.1 Å². The Morgan fingerprint density at radius 3 is 2.53 bits per heavy atom. The highest BCUT2D eigenvalue weighted by atomic mass is 32.2. The minimum absolute atomic E-state index is 0.0769. The van der Waals surface area contributed by atoms with Gasteiger partial charge in [-0.2, -0.15) is 0 Å². The fourth-order valence-electron chi connectivity index (χ4n) is 1.05. The molecule has 1 aromatic rings. The molecule has 0 fully saturated rings. The fourth-order valence-corrected chi connectivity index (χ4v) is 1.76. The van der Waals surface area contributed by atoms with Crippen LogP contribution in [0.5, 0.6) is 0 Å². The van der Waals surface area contributed by atoms with E-state index in [-0.39, 0.29) is 16.1 Å². The van der Waals surface area contributed by atoms with Crippen molar-refractivity contribution in [2.75, 3.05) is 6.26 Å². The standard InChI is InChI=1S/C8H7NO5S/c1-15(14)7-3-2-5(9(12)13)4-6(7)8(10)11/h2-4H,1H3,(H,10,11). The molecule has 1 aromatic carbocycles. The third-order valence-corrected chi connectivity index (χ3v) is 2.69. The van der Waals surface area contributed by atoms with E-state index in [2.05, 4.69) is 0 Å². The van der Waals surface area contributed by atoms with Crippen LogP contribution in [0.3, 0.4) is 0 Å². The highest BCUT2D eigenvalue weighted by molar-refractivity contribution is 7.84. The summed E-state index contributed by atoms with van der Waals surface area (Å²) in [6.45, 7) is 0. The molecule has 1 N–H and O–H groups in total. The zero-order valence-electron chi connectivity index (χ0n) is 7.67. The van der Waals surface area contributed by atoms with Crippen molar-refractivity contribution in [3.63, 3.8) is 0 Å². The molecule has 1 rings (SSSR count). The van der Waals surface area contributed by atoms with E-state index in [0.29, 0.717) is 0 Å². The molecule has 6 nitrogen and oxygen atoms in total. The van der Waals surface area contributed by atoms with Crippen molar-refractivity contribution in [1.29, 1.82) is 0 Å². The minimum Gasteiger partial charge on any atom is -0.478 e. The molecule has 0 aliphatic heterocycles. The first kappa shape index (κ1) is 11.3. The Labute approximate surface area is 87.1 Å². The molecule has 15 heavy (non-hydrogen) atoms. The van der Waals surface area contributed by atoms with Gasteiger partial charge in [0.25, 0.3) is 5.69 Å². The van der Waals surface area contributed by atoms with E-state index in [1.165, 1.54) is 12.3 Å². The number of nitro benzene ring substituents is 1. The first-order valence-corrected chi connectivity index (χ1v) is 5.34. The van der Waals surface area contributed by atoms with Gasteiger partial charge in [-0.25, -0.2) is 4.79 Å². The fraction of sp³-hybridized carbons (Fsp3) is 0.125. The van der Waals surface area contributed by atoms with Gasteiger partial charge in [0, 0.05) is 18.4 Å². The normalized spacial score (nSPS) is 12.1. The molecule has 0 aliphatic rings. The number of nitro groups is 1. The van der Waals surface area contributed by atoms with E-state index in [4.69, 9.17) is 5.11 Å². The second-order valence-electron chi connectivity index (χ2n) is 2.70. The van der Waals surface area contributed by atoms with Crippen LogP contribution in [-0.2, 0) is 10.8 Å². The van der Waals surface area contributed by atoms with Gasteiger partial charge in [-0.05, 0) is 6.07 Å². The third kappa shape index (κ3) is 2.38. The number of benzene rings is 1. The summed E-state index contributed by atoms with van der Waals surface area (Å²) in [5.74, 6) is -1.33. The summed E-state index contributed by atoms with van der Waals surface area (Å²) in [5, 5.41) is 19.2. The molecule has 0 bridgehead atoms. The van der Waals surface area contributed by atoms with Gasteiger partial charge >= 0.3 is 5.97 Å². The minimum atomic E-state index is -1.49. The van der Waals surface area contributed by atoms with Crippen molar-refractivity contribution >= 4 is 22.5 Å². The van der Waals surface area contributed by atoms with Crippen molar-refractivity contribution in [2.45, 2.75) is 4.90 Å². The number of hydrogen-bond donors (Lipinski definition) is 1. The van der Waals surface area contributed by atoms with Crippen LogP contribution in [-0.4, -0.2) is 26.5 Å². The largest absolute Gasteiger partial charge is 0.478 e. The maximum atomic E-state index is 11.1. The summed E-state index contributed by atoms with van der Waals surface area (Å²) < 4.78 is 11.1. The van der Waals surface area contributed by atoms with Crippen LogP contribution in [0, 0.1) is 10.1 Å². The molecule has 0 aromatic heterocycles. The summed E-state index contributed by atoms with van der Waals surface area (Å²) >= 11 is 0. The Bertz CT molecular complexity index is 456. The van der Waals surface area contributed by atoms with Gasteiger partial charge in [-0.1, -0.05) is 0 Å². The summed E-state index contributed by atoms with van der Waals surface area (Å²) in [4.78, 5) is 20.5. The lowest BCUT2D eigenvalue weighted by Crippen LogP contribution is -2.04. The number of carboxylic acids is 1. The second-order valence-corrected chi connectivity index (χ2v) is 4.04. The quantitative estimate of drug-likeness (QED) is 0.616. The van der Waals surface area contributed by atoms with Crippen molar-refractivity contribution < 1.29 is 19.0 Å². The van der Waals surface area contributed by atoms with Gasteiger partial charge in [0.15, 0.2) is 0 Å². The topological polar surface area (TPSA) is 97.5 Å². The van der Waals surface area contributed by atoms with Crippen LogP contribution in [0.4, 0.5) is 5.69 Å². The Balaban J connectivity index is 3.40. The molecule has 0 radical (unpaired) electrons.